The van der Waals surface area contributed by atoms with Gasteiger partial charge in [0, 0.05) is 23.4 Å². The summed E-state index contributed by atoms with van der Waals surface area (Å²) in [6.07, 6.45) is 5.44. The van der Waals surface area contributed by atoms with Gasteiger partial charge >= 0.3 is 11.6 Å². The molecule has 0 fully saturated rings. The zero-order chi connectivity index (χ0) is 16.8. The van der Waals surface area contributed by atoms with Crippen LogP contribution in [0.1, 0.15) is 51.0 Å². The second-order valence-corrected chi connectivity index (χ2v) is 5.66. The van der Waals surface area contributed by atoms with E-state index in [1.807, 2.05) is 0 Å². The van der Waals surface area contributed by atoms with Crippen LogP contribution in [0, 0.1) is 6.92 Å². The minimum Gasteiger partial charge on any atom is -0.508 e. The van der Waals surface area contributed by atoms with Gasteiger partial charge in [-0.25, -0.2) is 4.79 Å². The zero-order valence-corrected chi connectivity index (χ0v) is 13.6. The first-order valence-corrected chi connectivity index (χ1v) is 8.00. The third-order valence-corrected chi connectivity index (χ3v) is 3.80. The number of unbranched alkanes of at least 4 members (excludes halogenated alkanes) is 4. The molecular weight excluding hydrogens is 296 g/mol. The molecule has 1 aromatic heterocycles. The highest BCUT2D eigenvalue weighted by Gasteiger charge is 2.16. The lowest BCUT2D eigenvalue weighted by Gasteiger charge is -2.08. The molecule has 5 nitrogen and oxygen atoms in total. The first-order chi connectivity index (χ1) is 11.0. The molecule has 1 N–H and O–H groups in total. The maximum Gasteiger partial charge on any atom is 0.380 e. The van der Waals surface area contributed by atoms with Crippen molar-refractivity contribution < 1.29 is 19.1 Å². The molecule has 0 aliphatic heterocycles. The summed E-state index contributed by atoms with van der Waals surface area (Å²) in [7, 11) is 0. The lowest BCUT2D eigenvalue weighted by molar-refractivity contribution is -0.134. The van der Waals surface area contributed by atoms with Crippen LogP contribution in [0.15, 0.2) is 27.4 Å². The van der Waals surface area contributed by atoms with Crippen LogP contribution in [0.3, 0.4) is 0 Å². The van der Waals surface area contributed by atoms with E-state index in [2.05, 4.69) is 6.92 Å². The maximum atomic E-state index is 12.0. The smallest absolute Gasteiger partial charge is 0.380 e. The lowest BCUT2D eigenvalue weighted by atomic mass is 10.1. The fourth-order valence-corrected chi connectivity index (χ4v) is 2.48. The average Bonchev–Trinajstić information content (AvgIpc) is 2.51. The summed E-state index contributed by atoms with van der Waals surface area (Å²) in [5, 5.41) is 10.1. The SMILES string of the molecule is CCCCCCCC(=O)Oc1c(C)c2ccc(O)cc2oc1=O. The molecule has 0 aliphatic carbocycles. The second kappa shape index (κ2) is 7.81. The number of fused-ring (bicyclic) bond motifs is 1. The molecule has 0 spiro atoms. The van der Waals surface area contributed by atoms with Crippen LogP contribution in [0.5, 0.6) is 11.5 Å². The summed E-state index contributed by atoms with van der Waals surface area (Å²) in [5.74, 6) is -0.478. The molecule has 0 unspecified atom stereocenters. The van der Waals surface area contributed by atoms with E-state index < -0.39 is 11.6 Å². The van der Waals surface area contributed by atoms with Crippen LogP contribution in [0.4, 0.5) is 0 Å². The van der Waals surface area contributed by atoms with Crippen LogP contribution < -0.4 is 10.4 Å². The second-order valence-electron chi connectivity index (χ2n) is 5.66. The van der Waals surface area contributed by atoms with Crippen molar-refractivity contribution in [2.75, 3.05) is 0 Å². The van der Waals surface area contributed by atoms with Gasteiger partial charge in [-0.05, 0) is 25.5 Å². The molecular formula is C18H22O5. The summed E-state index contributed by atoms with van der Waals surface area (Å²) in [6.45, 7) is 3.83. The number of hydrogen-bond acceptors (Lipinski definition) is 5. The highest BCUT2D eigenvalue weighted by atomic mass is 16.5. The van der Waals surface area contributed by atoms with E-state index >= 15 is 0 Å². The minimum absolute atomic E-state index is 0.0110. The van der Waals surface area contributed by atoms with Crippen molar-refractivity contribution in [2.24, 2.45) is 0 Å². The highest BCUT2D eigenvalue weighted by molar-refractivity contribution is 5.84. The van der Waals surface area contributed by atoms with Crippen molar-refractivity contribution in [3.8, 4) is 11.5 Å². The van der Waals surface area contributed by atoms with Gasteiger partial charge in [0.25, 0.3) is 0 Å². The predicted molar refractivity (Wildman–Crippen MR) is 87.9 cm³/mol. The third kappa shape index (κ3) is 4.34. The van der Waals surface area contributed by atoms with Gasteiger partial charge in [0.05, 0.1) is 0 Å². The Morgan fingerprint density at radius 3 is 2.70 bits per heavy atom. The van der Waals surface area contributed by atoms with Crippen LogP contribution in [0.25, 0.3) is 11.0 Å². The van der Waals surface area contributed by atoms with Crippen LogP contribution in [0.2, 0.25) is 0 Å². The van der Waals surface area contributed by atoms with E-state index in [0.29, 0.717) is 10.9 Å². The Morgan fingerprint density at radius 2 is 1.96 bits per heavy atom. The van der Waals surface area contributed by atoms with Gasteiger partial charge < -0.3 is 14.3 Å². The van der Waals surface area contributed by atoms with Gasteiger partial charge in [-0.2, -0.15) is 0 Å². The maximum absolute atomic E-state index is 12.0. The number of phenolic OH excluding ortho intramolecular Hbond substituents is 1. The number of esters is 1. The molecule has 0 bridgehead atoms. The molecule has 23 heavy (non-hydrogen) atoms. The topological polar surface area (TPSA) is 76.7 Å². The predicted octanol–water partition coefficient (Wildman–Crippen LogP) is 4.07. The van der Waals surface area contributed by atoms with Crippen molar-refractivity contribution in [1.82, 2.24) is 0 Å². The number of aromatic hydroxyl groups is 1. The molecule has 1 heterocycles. The normalized spacial score (nSPS) is 10.9. The monoisotopic (exact) mass is 318 g/mol. The summed E-state index contributed by atoms with van der Waals surface area (Å²) in [4.78, 5) is 23.9. The first-order valence-electron chi connectivity index (χ1n) is 8.00. The fraction of sp³-hybridized carbons (Fsp3) is 0.444. The molecule has 0 amide bonds. The first kappa shape index (κ1) is 17.1. The van der Waals surface area contributed by atoms with E-state index in [0.717, 1.165) is 32.1 Å². The molecule has 0 saturated carbocycles. The Morgan fingerprint density at radius 1 is 1.22 bits per heavy atom. The lowest BCUT2D eigenvalue weighted by Crippen LogP contribution is -2.15. The zero-order valence-electron chi connectivity index (χ0n) is 13.6. The Bertz CT molecular complexity index is 745. The number of ether oxygens (including phenoxy) is 1. The molecule has 2 rings (SSSR count). The molecule has 5 heteroatoms. The van der Waals surface area contributed by atoms with Crippen LogP contribution >= 0.6 is 0 Å². The highest BCUT2D eigenvalue weighted by Crippen LogP contribution is 2.26. The minimum atomic E-state index is -0.708. The van der Waals surface area contributed by atoms with E-state index in [4.69, 9.17) is 9.15 Å². The Hall–Kier alpha value is -2.30. The van der Waals surface area contributed by atoms with Crippen LogP contribution in [-0.2, 0) is 4.79 Å². The number of phenols is 1. The molecule has 2 aromatic rings. The molecule has 0 radical (unpaired) electrons. The Kier molecular flexibility index (Phi) is 5.79. The molecule has 0 aliphatic rings. The number of rotatable bonds is 7. The van der Waals surface area contributed by atoms with Gasteiger partial charge in [0.15, 0.2) is 0 Å². The van der Waals surface area contributed by atoms with Gasteiger partial charge in [0.1, 0.15) is 11.3 Å². The van der Waals surface area contributed by atoms with Crippen molar-refractivity contribution in [3.05, 3.63) is 34.2 Å². The standard InChI is InChI=1S/C18H22O5/c1-3-4-5-6-7-8-16(20)23-17-12(2)14-10-9-13(19)11-15(14)22-18(17)21/h9-11,19H,3-8H2,1-2H3. The molecule has 124 valence electrons. The molecule has 0 atom stereocenters. The molecule has 0 saturated heterocycles. The van der Waals surface area contributed by atoms with Crippen molar-refractivity contribution in [2.45, 2.75) is 52.4 Å². The van der Waals surface area contributed by atoms with E-state index in [1.165, 1.54) is 12.1 Å². The number of benzene rings is 1. The Labute approximate surface area is 134 Å². The van der Waals surface area contributed by atoms with Crippen molar-refractivity contribution in [3.63, 3.8) is 0 Å². The van der Waals surface area contributed by atoms with Gasteiger partial charge in [-0.15, -0.1) is 0 Å². The molecule has 1 aromatic carbocycles. The number of carbonyl (C=O) groups excluding carboxylic acids is 1. The van der Waals surface area contributed by atoms with Gasteiger partial charge in [-0.3, -0.25) is 4.79 Å². The van der Waals surface area contributed by atoms with E-state index in [-0.39, 0.29) is 23.5 Å². The van der Waals surface area contributed by atoms with Gasteiger partial charge in [-0.1, -0.05) is 32.6 Å². The Balaban J connectivity index is 2.09. The largest absolute Gasteiger partial charge is 0.508 e. The summed E-state index contributed by atoms with van der Waals surface area (Å²) in [5.41, 5.74) is 0.0994. The van der Waals surface area contributed by atoms with Crippen molar-refractivity contribution >= 4 is 16.9 Å². The number of aryl methyl sites for hydroxylation is 1. The number of hydrogen-bond donors (Lipinski definition) is 1. The fourth-order valence-electron chi connectivity index (χ4n) is 2.48. The van der Waals surface area contributed by atoms with Crippen molar-refractivity contribution in [1.29, 1.82) is 0 Å². The third-order valence-electron chi connectivity index (χ3n) is 3.80. The van der Waals surface area contributed by atoms with Gasteiger partial charge in [0.2, 0.25) is 5.75 Å². The van der Waals surface area contributed by atoms with E-state index in [9.17, 15) is 14.7 Å². The quantitative estimate of drug-likeness (QED) is 0.473. The number of carbonyl (C=O) groups is 1. The summed E-state index contributed by atoms with van der Waals surface area (Å²) < 4.78 is 10.3. The van der Waals surface area contributed by atoms with Crippen LogP contribution in [-0.4, -0.2) is 11.1 Å². The van der Waals surface area contributed by atoms with E-state index in [1.54, 1.807) is 13.0 Å². The average molecular weight is 318 g/mol. The summed E-state index contributed by atoms with van der Waals surface area (Å²) >= 11 is 0. The summed E-state index contributed by atoms with van der Waals surface area (Å²) in [6, 6.07) is 4.49.